The second kappa shape index (κ2) is 62.7. The summed E-state index contributed by atoms with van der Waals surface area (Å²) in [5.74, 6) is -0.242. The molecule has 2 heterocycles. The Morgan fingerprint density at radius 1 is 0.380 bits per heavy atom. The molecule has 2 fully saturated rings. The fourth-order valence-electron chi connectivity index (χ4n) is 13.1. The van der Waals surface area contributed by atoms with Crippen molar-refractivity contribution < 1.29 is 64.6 Å². The molecule has 0 aromatic heterocycles. The Morgan fingerprint density at radius 2 is 0.696 bits per heavy atom. The van der Waals surface area contributed by atoms with Crippen molar-refractivity contribution in [3.05, 3.63) is 36.5 Å². The van der Waals surface area contributed by atoms with Gasteiger partial charge in [-0.05, 0) is 57.8 Å². The van der Waals surface area contributed by atoms with Crippen LogP contribution in [0.15, 0.2) is 36.5 Å². The molecule has 542 valence electrons. The fraction of sp³-hybridized carbons (Fsp3) is 0.910. The molecule has 2 saturated heterocycles. The Kier molecular flexibility index (Phi) is 58.8. The SMILES string of the molecule is CCCCCCCCCC/C=C\CCCCCCCCCCCCCCCCCCCCCC(=O)NC(COC1OC(CO)C(OC2OC(CO)C(O)C(O)C2O)C(O)C1O)C(O)/C=C/CC/C=C/CCCCCCCCCCCCCCCCCCCCCCC. The number of carbonyl (C=O) groups is 1. The van der Waals surface area contributed by atoms with Gasteiger partial charge in [0.1, 0.15) is 48.8 Å². The van der Waals surface area contributed by atoms with E-state index < -0.39 is 86.8 Å². The first-order valence-corrected chi connectivity index (χ1v) is 39.2. The Bertz CT molecular complexity index is 1680. The summed E-state index contributed by atoms with van der Waals surface area (Å²) in [7, 11) is 0. The van der Waals surface area contributed by atoms with Crippen molar-refractivity contribution in [2.75, 3.05) is 19.8 Å². The number of aliphatic hydroxyl groups is 8. The maximum absolute atomic E-state index is 13.4. The number of unbranched alkanes of at least 4 members (excludes halogenated alkanes) is 49. The monoisotopic (exact) mass is 1310 g/mol. The Labute approximate surface area is 563 Å². The fourth-order valence-corrected chi connectivity index (χ4v) is 13.1. The number of rotatable bonds is 66. The second-order valence-electron chi connectivity index (χ2n) is 27.8. The summed E-state index contributed by atoms with van der Waals surface area (Å²) in [5, 5.41) is 87.6. The van der Waals surface area contributed by atoms with Crippen molar-refractivity contribution >= 4 is 5.91 Å². The molecular weight excluding hydrogens is 1160 g/mol. The summed E-state index contributed by atoms with van der Waals surface area (Å²) in [6.07, 6.45) is 65.1. The van der Waals surface area contributed by atoms with E-state index in [9.17, 15) is 45.6 Å². The zero-order valence-electron chi connectivity index (χ0n) is 59.3. The first kappa shape index (κ1) is 86.3. The van der Waals surface area contributed by atoms with Crippen LogP contribution in [0.5, 0.6) is 0 Å². The molecule has 0 bridgehead atoms. The first-order valence-electron chi connectivity index (χ1n) is 39.2. The summed E-state index contributed by atoms with van der Waals surface area (Å²) >= 11 is 0. The Morgan fingerprint density at radius 3 is 1.07 bits per heavy atom. The van der Waals surface area contributed by atoms with E-state index in [1.807, 2.05) is 6.08 Å². The molecule has 2 aliphatic rings. The smallest absolute Gasteiger partial charge is 0.220 e. The number of hydrogen-bond acceptors (Lipinski definition) is 13. The lowest BCUT2D eigenvalue weighted by molar-refractivity contribution is -0.359. The molecule has 12 atom stereocenters. The predicted octanol–water partition coefficient (Wildman–Crippen LogP) is 17.2. The third kappa shape index (κ3) is 45.7. The van der Waals surface area contributed by atoms with Crippen molar-refractivity contribution in [2.45, 2.75) is 434 Å². The van der Waals surface area contributed by atoms with Crippen LogP contribution in [-0.2, 0) is 23.7 Å². The highest BCUT2D eigenvalue weighted by Crippen LogP contribution is 2.30. The number of aliphatic hydroxyl groups excluding tert-OH is 8. The molecule has 92 heavy (non-hydrogen) atoms. The lowest BCUT2D eigenvalue weighted by Gasteiger charge is -2.46. The molecule has 2 aliphatic heterocycles. The molecular formula is C78H147NO13. The van der Waals surface area contributed by atoms with Gasteiger partial charge in [0.05, 0.1) is 32.0 Å². The maximum atomic E-state index is 13.4. The number of amides is 1. The third-order valence-electron chi connectivity index (χ3n) is 19.3. The molecule has 9 N–H and O–H groups in total. The molecule has 0 aliphatic carbocycles. The average molecular weight is 1310 g/mol. The van der Waals surface area contributed by atoms with Crippen molar-refractivity contribution in [3.8, 4) is 0 Å². The Hall–Kier alpha value is -1.79. The van der Waals surface area contributed by atoms with Gasteiger partial charge in [0.2, 0.25) is 5.91 Å². The number of nitrogens with one attached hydrogen (secondary N) is 1. The number of ether oxygens (including phenoxy) is 4. The third-order valence-corrected chi connectivity index (χ3v) is 19.3. The van der Waals surface area contributed by atoms with Crippen LogP contribution in [0.3, 0.4) is 0 Å². The van der Waals surface area contributed by atoms with E-state index in [2.05, 4.69) is 43.5 Å². The van der Waals surface area contributed by atoms with E-state index >= 15 is 0 Å². The molecule has 14 heteroatoms. The average Bonchev–Trinajstić information content (AvgIpc) is 0.844. The van der Waals surface area contributed by atoms with E-state index in [0.717, 1.165) is 32.1 Å². The van der Waals surface area contributed by atoms with Crippen LogP contribution in [0.1, 0.15) is 361 Å². The van der Waals surface area contributed by atoms with Gasteiger partial charge < -0.3 is 65.1 Å². The van der Waals surface area contributed by atoms with E-state index in [1.165, 1.54) is 295 Å². The van der Waals surface area contributed by atoms with Crippen LogP contribution in [0.25, 0.3) is 0 Å². The number of carbonyl (C=O) groups excluding carboxylic acids is 1. The maximum Gasteiger partial charge on any atom is 0.220 e. The minimum atomic E-state index is -1.79. The van der Waals surface area contributed by atoms with Gasteiger partial charge in [0.25, 0.3) is 0 Å². The van der Waals surface area contributed by atoms with Crippen LogP contribution in [0.2, 0.25) is 0 Å². The van der Waals surface area contributed by atoms with E-state index in [4.69, 9.17) is 18.9 Å². The van der Waals surface area contributed by atoms with Crippen molar-refractivity contribution in [1.29, 1.82) is 0 Å². The molecule has 0 aromatic carbocycles. The zero-order valence-corrected chi connectivity index (χ0v) is 59.3. The van der Waals surface area contributed by atoms with Gasteiger partial charge in [0, 0.05) is 6.42 Å². The van der Waals surface area contributed by atoms with Crippen LogP contribution in [0, 0.1) is 0 Å². The number of allylic oxidation sites excluding steroid dienone is 5. The standard InChI is InChI=1S/C78H147NO13/c1-3-5-7-9-11-13-15-17-19-21-23-25-27-29-31-32-33-34-36-38-40-42-44-46-48-50-52-54-56-58-60-62-70(83)79-66(65-89-77-75(88)73(86)76(69(64-81)91-77)92-78-74(87)72(85)71(84)68(63-80)90-78)67(82)61-59-57-55-53-51-49-47-45-43-41-39-37-35-30-28-26-24-22-20-18-16-14-12-10-8-6-4-2/h21,23,51,53,59,61,66-69,71-78,80-82,84-88H,3-20,22,24-50,52,54-58,60,62-65H2,1-2H3,(H,79,83)/b23-21-,53-51+,61-59+. The highest BCUT2D eigenvalue weighted by atomic mass is 16.7. The molecule has 2 rings (SSSR count). The summed E-state index contributed by atoms with van der Waals surface area (Å²) < 4.78 is 22.9. The lowest BCUT2D eigenvalue weighted by Crippen LogP contribution is -2.65. The number of hydrogen-bond donors (Lipinski definition) is 9. The van der Waals surface area contributed by atoms with Crippen molar-refractivity contribution in [2.24, 2.45) is 0 Å². The predicted molar refractivity (Wildman–Crippen MR) is 378 cm³/mol. The van der Waals surface area contributed by atoms with Gasteiger partial charge in [-0.2, -0.15) is 0 Å². The summed E-state index contributed by atoms with van der Waals surface area (Å²) in [6.45, 7) is 2.84. The summed E-state index contributed by atoms with van der Waals surface area (Å²) in [5.41, 5.74) is 0. The highest BCUT2D eigenvalue weighted by molar-refractivity contribution is 5.76. The molecule has 0 spiro atoms. The van der Waals surface area contributed by atoms with E-state index in [-0.39, 0.29) is 18.9 Å². The van der Waals surface area contributed by atoms with Crippen LogP contribution < -0.4 is 5.32 Å². The van der Waals surface area contributed by atoms with Crippen LogP contribution in [0.4, 0.5) is 0 Å². The summed E-state index contributed by atoms with van der Waals surface area (Å²) in [4.78, 5) is 13.4. The minimum Gasteiger partial charge on any atom is -0.394 e. The normalized spacial score (nSPS) is 22.8. The van der Waals surface area contributed by atoms with Crippen molar-refractivity contribution in [1.82, 2.24) is 5.32 Å². The topological polar surface area (TPSA) is 228 Å². The summed E-state index contributed by atoms with van der Waals surface area (Å²) in [6, 6.07) is -0.932. The highest BCUT2D eigenvalue weighted by Gasteiger charge is 2.51. The molecule has 1 amide bonds. The molecule has 14 nitrogen and oxygen atoms in total. The quantitative estimate of drug-likeness (QED) is 0.0204. The Balaban J connectivity index is 1.64. The molecule has 0 radical (unpaired) electrons. The van der Waals surface area contributed by atoms with E-state index in [1.54, 1.807) is 6.08 Å². The minimum absolute atomic E-state index is 0.242. The zero-order chi connectivity index (χ0) is 66.6. The van der Waals surface area contributed by atoms with Gasteiger partial charge in [-0.3, -0.25) is 4.79 Å². The first-order chi connectivity index (χ1) is 45.1. The van der Waals surface area contributed by atoms with Gasteiger partial charge in [-0.1, -0.05) is 333 Å². The molecule has 12 unspecified atom stereocenters. The van der Waals surface area contributed by atoms with Gasteiger partial charge in [0.15, 0.2) is 12.6 Å². The molecule has 0 saturated carbocycles. The van der Waals surface area contributed by atoms with Gasteiger partial charge in [-0.15, -0.1) is 0 Å². The van der Waals surface area contributed by atoms with Crippen molar-refractivity contribution in [3.63, 3.8) is 0 Å². The second-order valence-corrected chi connectivity index (χ2v) is 27.8. The van der Waals surface area contributed by atoms with Gasteiger partial charge in [-0.25, -0.2) is 0 Å². The largest absolute Gasteiger partial charge is 0.394 e. The lowest BCUT2D eigenvalue weighted by atomic mass is 9.97. The van der Waals surface area contributed by atoms with Crippen LogP contribution >= 0.6 is 0 Å². The van der Waals surface area contributed by atoms with Crippen LogP contribution in [-0.4, -0.2) is 140 Å². The molecule has 0 aromatic rings. The van der Waals surface area contributed by atoms with E-state index in [0.29, 0.717) is 12.8 Å². The van der Waals surface area contributed by atoms with Gasteiger partial charge >= 0.3 is 0 Å².